The van der Waals surface area contributed by atoms with E-state index in [1.54, 1.807) is 25.3 Å². The van der Waals surface area contributed by atoms with Crippen molar-refractivity contribution < 1.29 is 19.0 Å². The molecule has 1 aromatic heterocycles. The fourth-order valence-electron chi connectivity index (χ4n) is 3.28. The molecule has 0 N–H and O–H groups in total. The first-order chi connectivity index (χ1) is 16.7. The second-order valence-electron chi connectivity index (χ2n) is 7.56. The number of halogens is 3. The highest BCUT2D eigenvalue weighted by atomic mass is 79.9. The van der Waals surface area contributed by atoms with Crippen molar-refractivity contribution in [3.05, 3.63) is 59.4 Å². The van der Waals surface area contributed by atoms with Crippen LogP contribution in [0.1, 0.15) is 38.1 Å². The van der Waals surface area contributed by atoms with Gasteiger partial charge in [0.2, 0.25) is 0 Å². The Morgan fingerprint density at radius 2 is 1.94 bits per heavy atom. The lowest BCUT2D eigenvalue weighted by molar-refractivity contribution is -0.147. The number of methoxy groups -OCH3 is 2. The lowest BCUT2D eigenvalue weighted by Crippen LogP contribution is -2.25. The van der Waals surface area contributed by atoms with E-state index in [4.69, 9.17) is 19.2 Å². The molecule has 0 saturated carbocycles. The standard InChI is InChI=1S/C24H24Br3N3O5/c1-5-6-7-19-29-17-9-8-15(25)11-16(17)23(31)30(19)28-12-14-10-18(33-3)22(21(27)20(14)26)35-13(2)24(32)34-4/h8-13H,5-7H2,1-4H3/t13-/m1/s1. The van der Waals surface area contributed by atoms with Gasteiger partial charge in [-0.1, -0.05) is 29.3 Å². The molecule has 1 heterocycles. The molecular formula is C24H24Br3N3O5. The fourth-order valence-corrected chi connectivity index (χ4v) is 4.56. The van der Waals surface area contributed by atoms with Gasteiger partial charge in [0, 0.05) is 20.9 Å². The van der Waals surface area contributed by atoms with Gasteiger partial charge in [-0.2, -0.15) is 9.78 Å². The molecule has 8 nitrogen and oxygen atoms in total. The molecule has 0 aliphatic carbocycles. The van der Waals surface area contributed by atoms with Crippen LogP contribution in [-0.4, -0.2) is 42.2 Å². The van der Waals surface area contributed by atoms with Crippen LogP contribution < -0.4 is 15.0 Å². The molecular weight excluding hydrogens is 650 g/mol. The Labute approximate surface area is 228 Å². The second kappa shape index (κ2) is 12.1. The summed E-state index contributed by atoms with van der Waals surface area (Å²) in [5.74, 6) is 0.760. The Morgan fingerprint density at radius 3 is 2.60 bits per heavy atom. The van der Waals surface area contributed by atoms with Gasteiger partial charge < -0.3 is 14.2 Å². The molecule has 0 unspecified atom stereocenters. The zero-order valence-electron chi connectivity index (χ0n) is 19.6. The average Bonchev–Trinajstić information content (AvgIpc) is 2.85. The van der Waals surface area contributed by atoms with Crippen molar-refractivity contribution in [2.75, 3.05) is 14.2 Å². The quantitative estimate of drug-likeness (QED) is 0.209. The number of fused-ring (bicyclic) bond motifs is 1. The first kappa shape index (κ1) is 27.3. The Hall–Kier alpha value is -2.24. The van der Waals surface area contributed by atoms with E-state index in [1.165, 1.54) is 18.9 Å². The van der Waals surface area contributed by atoms with Crippen molar-refractivity contribution in [1.29, 1.82) is 0 Å². The number of rotatable bonds is 9. The predicted octanol–water partition coefficient (Wildman–Crippen LogP) is 5.86. The van der Waals surface area contributed by atoms with E-state index >= 15 is 0 Å². The third kappa shape index (κ3) is 6.13. The zero-order valence-corrected chi connectivity index (χ0v) is 24.4. The van der Waals surface area contributed by atoms with Crippen LogP contribution in [0.4, 0.5) is 0 Å². The molecule has 0 amide bonds. The Morgan fingerprint density at radius 1 is 1.20 bits per heavy atom. The number of hydrogen-bond donors (Lipinski definition) is 0. The number of unbranched alkanes of at least 4 members (excludes halogenated alkanes) is 1. The summed E-state index contributed by atoms with van der Waals surface area (Å²) in [6.07, 6.45) is 3.14. The first-order valence-electron chi connectivity index (χ1n) is 10.8. The lowest BCUT2D eigenvalue weighted by Gasteiger charge is -2.18. The van der Waals surface area contributed by atoms with Gasteiger partial charge >= 0.3 is 5.97 Å². The largest absolute Gasteiger partial charge is 0.493 e. The minimum Gasteiger partial charge on any atom is -0.493 e. The van der Waals surface area contributed by atoms with Crippen molar-refractivity contribution >= 4 is 70.9 Å². The van der Waals surface area contributed by atoms with E-state index in [9.17, 15) is 9.59 Å². The van der Waals surface area contributed by atoms with Crippen molar-refractivity contribution in [3.8, 4) is 11.5 Å². The van der Waals surface area contributed by atoms with Crippen molar-refractivity contribution in [2.45, 2.75) is 39.2 Å². The molecule has 0 aliphatic rings. The monoisotopic (exact) mass is 671 g/mol. The molecule has 3 aromatic rings. The van der Waals surface area contributed by atoms with Gasteiger partial charge in [-0.05, 0) is 69.5 Å². The average molecular weight is 674 g/mol. The lowest BCUT2D eigenvalue weighted by atomic mass is 10.2. The van der Waals surface area contributed by atoms with Gasteiger partial charge in [0.25, 0.3) is 5.56 Å². The molecule has 1 atom stereocenters. The Kier molecular flexibility index (Phi) is 9.48. The fraction of sp³-hybridized carbons (Fsp3) is 0.333. The number of aryl methyl sites for hydroxylation is 1. The van der Waals surface area contributed by atoms with Crippen LogP contribution in [0.15, 0.2) is 47.6 Å². The van der Waals surface area contributed by atoms with E-state index in [0.717, 1.165) is 17.3 Å². The van der Waals surface area contributed by atoms with Crippen LogP contribution in [-0.2, 0) is 16.0 Å². The smallest absolute Gasteiger partial charge is 0.346 e. The zero-order chi connectivity index (χ0) is 25.7. The number of esters is 1. The second-order valence-corrected chi connectivity index (χ2v) is 10.1. The number of hydrogen-bond acceptors (Lipinski definition) is 7. The number of benzene rings is 2. The maximum absolute atomic E-state index is 13.3. The number of aromatic nitrogens is 2. The van der Waals surface area contributed by atoms with Gasteiger partial charge in [-0.25, -0.2) is 9.78 Å². The highest BCUT2D eigenvalue weighted by Gasteiger charge is 2.22. The van der Waals surface area contributed by atoms with Crippen molar-refractivity contribution in [2.24, 2.45) is 5.10 Å². The number of carbonyl (C=O) groups excluding carboxylic acids is 1. The van der Waals surface area contributed by atoms with Crippen molar-refractivity contribution in [3.63, 3.8) is 0 Å². The summed E-state index contributed by atoms with van der Waals surface area (Å²) in [5, 5.41) is 4.97. The van der Waals surface area contributed by atoms with Gasteiger partial charge in [-0.15, -0.1) is 0 Å². The minimum atomic E-state index is -0.848. The minimum absolute atomic E-state index is 0.257. The SMILES string of the molecule is CCCCc1nc2ccc(Br)cc2c(=O)n1N=Cc1cc(OC)c(O[C@H](C)C(=O)OC)c(Br)c1Br. The Balaban J connectivity index is 2.09. The molecule has 186 valence electrons. The van der Waals surface area contributed by atoms with Crippen LogP contribution in [0.3, 0.4) is 0 Å². The Bertz CT molecular complexity index is 1340. The van der Waals surface area contributed by atoms with E-state index in [1.807, 2.05) is 12.1 Å². The third-order valence-electron chi connectivity index (χ3n) is 5.15. The topological polar surface area (TPSA) is 92.0 Å². The van der Waals surface area contributed by atoms with Gasteiger partial charge in [0.05, 0.1) is 35.8 Å². The van der Waals surface area contributed by atoms with Crippen LogP contribution in [0, 0.1) is 0 Å². The number of ether oxygens (including phenoxy) is 3. The molecule has 0 spiro atoms. The summed E-state index contributed by atoms with van der Waals surface area (Å²) >= 11 is 10.5. The molecule has 11 heteroatoms. The molecule has 0 saturated heterocycles. The van der Waals surface area contributed by atoms with E-state index in [-0.39, 0.29) is 5.56 Å². The molecule has 0 bridgehead atoms. The molecule has 35 heavy (non-hydrogen) atoms. The predicted molar refractivity (Wildman–Crippen MR) is 146 cm³/mol. The molecule has 0 radical (unpaired) electrons. The van der Waals surface area contributed by atoms with E-state index < -0.39 is 12.1 Å². The van der Waals surface area contributed by atoms with Crippen molar-refractivity contribution in [1.82, 2.24) is 9.66 Å². The summed E-state index contributed by atoms with van der Waals surface area (Å²) < 4.78 is 19.2. The summed E-state index contributed by atoms with van der Waals surface area (Å²) in [5.41, 5.74) is 0.990. The van der Waals surface area contributed by atoms with Crippen LogP contribution in [0.2, 0.25) is 0 Å². The molecule has 0 fully saturated rings. The first-order valence-corrected chi connectivity index (χ1v) is 13.2. The number of nitrogens with zero attached hydrogens (tertiary/aromatic N) is 3. The van der Waals surface area contributed by atoms with Crippen LogP contribution in [0.5, 0.6) is 11.5 Å². The summed E-state index contributed by atoms with van der Waals surface area (Å²) in [6, 6.07) is 7.11. The van der Waals surface area contributed by atoms with Crippen LogP contribution in [0.25, 0.3) is 10.9 Å². The highest BCUT2D eigenvalue weighted by Crippen LogP contribution is 2.42. The number of carbonyl (C=O) groups is 1. The van der Waals surface area contributed by atoms with Gasteiger partial charge in [-0.3, -0.25) is 4.79 Å². The summed E-state index contributed by atoms with van der Waals surface area (Å²) in [7, 11) is 2.78. The van der Waals surface area contributed by atoms with E-state index in [0.29, 0.717) is 49.2 Å². The normalized spacial score (nSPS) is 12.2. The summed E-state index contributed by atoms with van der Waals surface area (Å²) in [6.45, 7) is 3.66. The molecule has 3 rings (SSSR count). The van der Waals surface area contributed by atoms with Gasteiger partial charge in [0.15, 0.2) is 17.6 Å². The maximum atomic E-state index is 13.3. The van der Waals surface area contributed by atoms with Crippen LogP contribution >= 0.6 is 47.8 Å². The third-order valence-corrected chi connectivity index (χ3v) is 7.78. The molecule has 2 aromatic carbocycles. The maximum Gasteiger partial charge on any atom is 0.346 e. The summed E-state index contributed by atoms with van der Waals surface area (Å²) in [4.78, 5) is 29.8. The van der Waals surface area contributed by atoms with E-state index in [2.05, 4.69) is 59.8 Å². The molecule has 0 aliphatic heterocycles. The van der Waals surface area contributed by atoms with Gasteiger partial charge in [0.1, 0.15) is 5.82 Å². The highest BCUT2D eigenvalue weighted by molar-refractivity contribution is 9.13.